The van der Waals surface area contributed by atoms with Gasteiger partial charge in [0, 0.05) is 12.4 Å². The lowest BCUT2D eigenvalue weighted by Crippen LogP contribution is -2.33. The van der Waals surface area contributed by atoms with Crippen molar-refractivity contribution in [1.29, 1.82) is 0 Å². The lowest BCUT2D eigenvalue weighted by Gasteiger charge is -2.18. The second-order valence-corrected chi connectivity index (χ2v) is 7.64. The molecule has 0 saturated heterocycles. The van der Waals surface area contributed by atoms with E-state index in [4.69, 9.17) is 4.42 Å². The zero-order chi connectivity index (χ0) is 20.0. The Morgan fingerprint density at radius 3 is 2.48 bits per heavy atom. The maximum absolute atomic E-state index is 13.5. The number of aromatic nitrogens is 3. The van der Waals surface area contributed by atoms with Crippen molar-refractivity contribution in [3.05, 3.63) is 36.2 Å². The minimum Gasteiger partial charge on any atom is -0.416 e. The normalized spacial score (nSPS) is 13.3. The molecule has 27 heavy (non-hydrogen) atoms. The fourth-order valence-corrected chi connectivity index (χ4v) is 3.25. The van der Waals surface area contributed by atoms with Crippen LogP contribution in [0.5, 0.6) is 0 Å². The number of oxazole rings is 1. The Hall–Kier alpha value is -2.63. The molecular formula is C15H10F5N3O3S. The molecule has 0 aliphatic carbocycles. The first-order valence-corrected chi connectivity index (χ1v) is 9.02. The molecule has 0 spiro atoms. The summed E-state index contributed by atoms with van der Waals surface area (Å²) in [6.45, 7) is 1.41. The van der Waals surface area contributed by atoms with Gasteiger partial charge in [0.1, 0.15) is 11.2 Å². The van der Waals surface area contributed by atoms with Crippen molar-refractivity contribution in [2.24, 2.45) is 0 Å². The Labute approximate surface area is 149 Å². The molecule has 3 aromatic rings. The zero-order valence-corrected chi connectivity index (χ0v) is 14.3. The summed E-state index contributed by atoms with van der Waals surface area (Å²) >= 11 is 0. The van der Waals surface area contributed by atoms with Crippen molar-refractivity contribution in [3.8, 4) is 11.6 Å². The Morgan fingerprint density at radius 2 is 1.85 bits per heavy atom. The number of alkyl halides is 5. The lowest BCUT2D eigenvalue weighted by atomic mass is 10.1. The molecule has 3 rings (SSSR count). The minimum atomic E-state index is -5.81. The van der Waals surface area contributed by atoms with Crippen LogP contribution in [-0.2, 0) is 15.8 Å². The van der Waals surface area contributed by atoms with Crippen LogP contribution in [0.1, 0.15) is 12.5 Å². The highest BCUT2D eigenvalue weighted by Crippen LogP contribution is 2.44. The van der Waals surface area contributed by atoms with E-state index in [0.29, 0.717) is 12.3 Å². The molecule has 0 aliphatic rings. The number of rotatable bonds is 4. The smallest absolute Gasteiger partial charge is 0.416 e. The van der Waals surface area contributed by atoms with Gasteiger partial charge in [0.05, 0.1) is 16.2 Å². The highest BCUT2D eigenvalue weighted by atomic mass is 32.2. The maximum atomic E-state index is 13.5. The van der Waals surface area contributed by atoms with Gasteiger partial charge in [0.15, 0.2) is 9.84 Å². The number of nitrogens with zero attached hydrogens (tertiary/aromatic N) is 3. The van der Waals surface area contributed by atoms with Gasteiger partial charge in [-0.3, -0.25) is 0 Å². The molecule has 3 heterocycles. The molecule has 6 nitrogen and oxygen atoms in total. The molecule has 12 heteroatoms. The van der Waals surface area contributed by atoms with E-state index in [1.54, 1.807) is 0 Å². The summed E-state index contributed by atoms with van der Waals surface area (Å²) < 4.78 is 94.0. The molecule has 0 aromatic carbocycles. The van der Waals surface area contributed by atoms with Crippen LogP contribution in [0.15, 0.2) is 39.9 Å². The van der Waals surface area contributed by atoms with Crippen molar-refractivity contribution >= 4 is 21.1 Å². The number of sulfone groups is 1. The first-order chi connectivity index (χ1) is 12.5. The summed E-state index contributed by atoms with van der Waals surface area (Å²) in [7, 11) is -3.72. The molecule has 0 aliphatic heterocycles. The third-order valence-corrected chi connectivity index (χ3v) is 5.41. The summed E-state index contributed by atoms with van der Waals surface area (Å²) in [5.74, 6) is -5.74. The van der Waals surface area contributed by atoms with Crippen LogP contribution >= 0.6 is 0 Å². The third kappa shape index (κ3) is 3.24. The van der Waals surface area contributed by atoms with Gasteiger partial charge in [-0.15, -0.1) is 0 Å². The Kier molecular flexibility index (Phi) is 4.41. The fraction of sp³-hybridized carbons (Fsp3) is 0.267. The summed E-state index contributed by atoms with van der Waals surface area (Å²) in [5.41, 5.74) is -2.33. The Bertz CT molecular complexity index is 1110. The number of hydrogen-bond acceptors (Lipinski definition) is 6. The van der Waals surface area contributed by atoms with Crippen molar-refractivity contribution in [3.63, 3.8) is 0 Å². The quantitative estimate of drug-likeness (QED) is 0.613. The van der Waals surface area contributed by atoms with E-state index in [1.807, 2.05) is 0 Å². The molecule has 3 aromatic heterocycles. The average Bonchev–Trinajstić information content (AvgIpc) is 3.04. The number of halogens is 5. The zero-order valence-electron chi connectivity index (χ0n) is 13.5. The number of fused-ring (bicyclic) bond motifs is 1. The Balaban J connectivity index is 2.15. The molecule has 0 atom stereocenters. The predicted octanol–water partition coefficient (Wildman–Crippen LogP) is 3.73. The van der Waals surface area contributed by atoms with Crippen LogP contribution in [0.2, 0.25) is 0 Å². The van der Waals surface area contributed by atoms with E-state index in [0.717, 1.165) is 0 Å². The average molecular weight is 407 g/mol. The van der Waals surface area contributed by atoms with Gasteiger partial charge in [-0.25, -0.2) is 23.4 Å². The molecule has 144 valence electrons. The van der Waals surface area contributed by atoms with Crippen molar-refractivity contribution in [1.82, 2.24) is 15.0 Å². The van der Waals surface area contributed by atoms with Crippen LogP contribution < -0.4 is 0 Å². The van der Waals surface area contributed by atoms with Gasteiger partial charge in [-0.2, -0.15) is 22.0 Å². The maximum Gasteiger partial charge on any atom is 0.458 e. The molecule has 0 N–H and O–H groups in total. The predicted molar refractivity (Wildman–Crippen MR) is 82.7 cm³/mol. The molecule has 0 bridgehead atoms. The highest BCUT2D eigenvalue weighted by molar-refractivity contribution is 7.91. The highest BCUT2D eigenvalue weighted by Gasteiger charge is 2.59. The summed E-state index contributed by atoms with van der Waals surface area (Å²) in [5, 5.41) is 0. The fourth-order valence-electron chi connectivity index (χ4n) is 2.22. The topological polar surface area (TPSA) is 86.0 Å². The molecule has 0 amide bonds. The van der Waals surface area contributed by atoms with Gasteiger partial charge >= 0.3 is 12.1 Å². The second kappa shape index (κ2) is 6.22. The molecular weight excluding hydrogens is 397 g/mol. The van der Waals surface area contributed by atoms with Gasteiger partial charge in [0.25, 0.3) is 0 Å². The monoisotopic (exact) mass is 407 g/mol. The van der Waals surface area contributed by atoms with Crippen LogP contribution in [0, 0.1) is 0 Å². The van der Waals surface area contributed by atoms with Crippen LogP contribution in [0.25, 0.3) is 22.8 Å². The molecule has 0 radical (unpaired) electrons. The number of pyridine rings is 2. The van der Waals surface area contributed by atoms with E-state index in [2.05, 4.69) is 15.0 Å². The van der Waals surface area contributed by atoms with Gasteiger partial charge < -0.3 is 4.42 Å². The van der Waals surface area contributed by atoms with E-state index in [9.17, 15) is 30.4 Å². The van der Waals surface area contributed by atoms with Crippen LogP contribution in [-0.4, -0.2) is 35.3 Å². The standard InChI is InChI=1S/C15H10F5N3O3S/c1-2-27(24,25)10-4-3-5-21-11(10)13-23-9-6-8(7-22-12(9)26-13)14(16,17)15(18,19)20/h3-7H,2H2,1H3. The van der Waals surface area contributed by atoms with Gasteiger partial charge in [-0.05, 0) is 18.2 Å². The van der Waals surface area contributed by atoms with Crippen LogP contribution in [0.4, 0.5) is 22.0 Å². The second-order valence-electron chi connectivity index (χ2n) is 5.39. The molecule has 0 unspecified atom stereocenters. The first kappa shape index (κ1) is 19.1. The summed E-state index contributed by atoms with van der Waals surface area (Å²) in [6, 6.07) is 3.11. The molecule has 0 saturated carbocycles. The van der Waals surface area contributed by atoms with E-state index in [-0.39, 0.29) is 27.9 Å². The van der Waals surface area contributed by atoms with E-state index in [1.165, 1.54) is 25.3 Å². The summed E-state index contributed by atoms with van der Waals surface area (Å²) in [6.07, 6.45) is -4.22. The number of hydrogen-bond donors (Lipinski definition) is 0. The Morgan fingerprint density at radius 1 is 1.15 bits per heavy atom. The van der Waals surface area contributed by atoms with E-state index < -0.39 is 33.0 Å². The van der Waals surface area contributed by atoms with Crippen molar-refractivity contribution < 1.29 is 34.8 Å². The molecule has 0 fully saturated rings. The van der Waals surface area contributed by atoms with Gasteiger partial charge in [-0.1, -0.05) is 6.92 Å². The first-order valence-electron chi connectivity index (χ1n) is 7.37. The van der Waals surface area contributed by atoms with Crippen molar-refractivity contribution in [2.75, 3.05) is 5.75 Å². The third-order valence-electron chi connectivity index (χ3n) is 3.65. The lowest BCUT2D eigenvalue weighted by molar-refractivity contribution is -0.289. The largest absolute Gasteiger partial charge is 0.458 e. The van der Waals surface area contributed by atoms with Crippen LogP contribution in [0.3, 0.4) is 0 Å². The van der Waals surface area contributed by atoms with Gasteiger partial charge in [0.2, 0.25) is 11.6 Å². The van der Waals surface area contributed by atoms with E-state index >= 15 is 0 Å². The SMILES string of the molecule is CCS(=O)(=O)c1cccnc1-c1nc2cc(C(F)(F)C(F)(F)F)cnc2o1. The minimum absolute atomic E-state index is 0.193. The summed E-state index contributed by atoms with van der Waals surface area (Å²) in [4.78, 5) is 10.9. The van der Waals surface area contributed by atoms with Crippen molar-refractivity contribution in [2.45, 2.75) is 23.9 Å².